The normalized spacial score (nSPS) is 11.6. The van der Waals surface area contributed by atoms with Crippen LogP contribution in [0.25, 0.3) is 0 Å². The standard InChI is InChI=1S/C14H22N2/c1-6-7-12-11(15)9-8-10(2)13(16-12)14(3,4)5/h8-9,15H,6-7H2,1-5H3. The Balaban J connectivity index is 3.46. The van der Waals surface area contributed by atoms with Gasteiger partial charge in [0.15, 0.2) is 0 Å². The van der Waals surface area contributed by atoms with E-state index >= 15 is 0 Å². The molecule has 1 rings (SSSR count). The summed E-state index contributed by atoms with van der Waals surface area (Å²) < 4.78 is 0. The van der Waals surface area contributed by atoms with E-state index < -0.39 is 0 Å². The Morgan fingerprint density at radius 1 is 1.25 bits per heavy atom. The quantitative estimate of drug-likeness (QED) is 0.813. The third kappa shape index (κ3) is 2.91. The monoisotopic (exact) mass is 218 g/mol. The third-order valence-electron chi connectivity index (χ3n) is 2.63. The molecule has 88 valence electrons. The highest BCUT2D eigenvalue weighted by molar-refractivity contribution is 5.25. The molecular weight excluding hydrogens is 196 g/mol. The Bertz CT molecular complexity index is 428. The first kappa shape index (κ1) is 12.9. The smallest absolute Gasteiger partial charge is 0.0754 e. The van der Waals surface area contributed by atoms with Crippen LogP contribution in [0.2, 0.25) is 0 Å². The first-order valence-corrected chi connectivity index (χ1v) is 5.92. The van der Waals surface area contributed by atoms with Crippen molar-refractivity contribution >= 4 is 0 Å². The first-order valence-electron chi connectivity index (χ1n) is 5.92. The maximum atomic E-state index is 7.93. The second-order valence-corrected chi connectivity index (χ2v) is 5.34. The van der Waals surface area contributed by atoms with E-state index in [0.717, 1.165) is 24.2 Å². The van der Waals surface area contributed by atoms with Crippen LogP contribution in [0.15, 0.2) is 12.1 Å². The number of nitrogens with zero attached hydrogens (tertiary/aromatic N) is 1. The van der Waals surface area contributed by atoms with Gasteiger partial charge in [0, 0.05) is 11.1 Å². The van der Waals surface area contributed by atoms with Gasteiger partial charge in [-0.2, -0.15) is 0 Å². The summed E-state index contributed by atoms with van der Waals surface area (Å²) in [6, 6.07) is 3.87. The van der Waals surface area contributed by atoms with Crippen LogP contribution in [0.5, 0.6) is 0 Å². The Labute approximate surface area is 98.3 Å². The van der Waals surface area contributed by atoms with Gasteiger partial charge in [-0.15, -0.1) is 0 Å². The average molecular weight is 218 g/mol. The topological polar surface area (TPSA) is 36.7 Å². The molecule has 0 fully saturated rings. The van der Waals surface area contributed by atoms with Gasteiger partial charge >= 0.3 is 0 Å². The van der Waals surface area contributed by atoms with E-state index in [2.05, 4.69) is 34.6 Å². The highest BCUT2D eigenvalue weighted by atomic mass is 14.7. The zero-order valence-corrected chi connectivity index (χ0v) is 11.0. The van der Waals surface area contributed by atoms with Crippen molar-refractivity contribution in [3.05, 3.63) is 34.4 Å². The molecule has 0 aliphatic carbocycles. The summed E-state index contributed by atoms with van der Waals surface area (Å²) in [6.07, 6.45) is 1.92. The minimum Gasteiger partial charge on any atom is -0.299 e. The molecule has 0 aromatic carbocycles. The summed E-state index contributed by atoms with van der Waals surface area (Å²) in [6.45, 7) is 10.7. The van der Waals surface area contributed by atoms with E-state index in [4.69, 9.17) is 10.4 Å². The number of nitrogens with one attached hydrogen (secondary N) is 1. The fourth-order valence-electron chi connectivity index (χ4n) is 1.85. The molecule has 16 heavy (non-hydrogen) atoms. The largest absolute Gasteiger partial charge is 0.299 e. The predicted octanol–water partition coefficient (Wildman–Crippen LogP) is 3.12. The van der Waals surface area contributed by atoms with Crippen molar-refractivity contribution in [2.24, 2.45) is 0 Å². The van der Waals surface area contributed by atoms with Crippen molar-refractivity contribution < 1.29 is 0 Å². The number of rotatable bonds is 2. The highest BCUT2D eigenvalue weighted by Gasteiger charge is 2.17. The Kier molecular flexibility index (Phi) is 3.84. The van der Waals surface area contributed by atoms with E-state index in [0.29, 0.717) is 5.36 Å². The SMILES string of the molecule is CCCc1nc(C(C)(C)C)c(C)ccc1=N. The number of aromatic nitrogens is 1. The van der Waals surface area contributed by atoms with Crippen LogP contribution in [0.1, 0.15) is 51.1 Å². The lowest BCUT2D eigenvalue weighted by Crippen LogP contribution is -2.16. The van der Waals surface area contributed by atoms with Crippen molar-refractivity contribution in [1.82, 2.24) is 4.98 Å². The molecule has 2 nitrogen and oxygen atoms in total. The van der Waals surface area contributed by atoms with Crippen LogP contribution in [0, 0.1) is 12.3 Å². The Morgan fingerprint density at radius 3 is 2.38 bits per heavy atom. The van der Waals surface area contributed by atoms with Crippen molar-refractivity contribution in [2.45, 2.75) is 52.9 Å². The number of hydrogen-bond donors (Lipinski definition) is 1. The molecule has 0 atom stereocenters. The van der Waals surface area contributed by atoms with Crippen molar-refractivity contribution in [1.29, 1.82) is 5.41 Å². The fourth-order valence-corrected chi connectivity index (χ4v) is 1.85. The van der Waals surface area contributed by atoms with Gasteiger partial charge < -0.3 is 0 Å². The van der Waals surface area contributed by atoms with Crippen LogP contribution in [-0.4, -0.2) is 4.98 Å². The Morgan fingerprint density at radius 2 is 1.88 bits per heavy atom. The van der Waals surface area contributed by atoms with Gasteiger partial charge in [-0.1, -0.05) is 40.2 Å². The summed E-state index contributed by atoms with van der Waals surface area (Å²) >= 11 is 0. The molecular formula is C14H22N2. The molecule has 0 saturated heterocycles. The lowest BCUT2D eigenvalue weighted by molar-refractivity contribution is 0.562. The second kappa shape index (κ2) is 4.77. The van der Waals surface area contributed by atoms with Gasteiger partial charge in [0.25, 0.3) is 0 Å². The molecule has 0 aliphatic heterocycles. The molecule has 0 bridgehead atoms. The second-order valence-electron chi connectivity index (χ2n) is 5.34. The van der Waals surface area contributed by atoms with E-state index in [1.165, 1.54) is 5.56 Å². The van der Waals surface area contributed by atoms with Gasteiger partial charge in [0.2, 0.25) is 0 Å². The molecule has 0 amide bonds. The van der Waals surface area contributed by atoms with Crippen LogP contribution in [-0.2, 0) is 11.8 Å². The van der Waals surface area contributed by atoms with E-state index in [1.54, 1.807) is 0 Å². The van der Waals surface area contributed by atoms with Gasteiger partial charge in [-0.05, 0) is 25.0 Å². The molecule has 0 saturated carbocycles. The van der Waals surface area contributed by atoms with Gasteiger partial charge in [-0.3, -0.25) is 10.4 Å². The number of hydrogen-bond acceptors (Lipinski definition) is 2. The fraction of sp³-hybridized carbons (Fsp3) is 0.571. The van der Waals surface area contributed by atoms with E-state index in [9.17, 15) is 0 Å². The van der Waals surface area contributed by atoms with Crippen LogP contribution >= 0.6 is 0 Å². The summed E-state index contributed by atoms with van der Waals surface area (Å²) in [5, 5.41) is 8.49. The molecule has 0 spiro atoms. The van der Waals surface area contributed by atoms with Crippen molar-refractivity contribution in [3.8, 4) is 0 Å². The lowest BCUT2D eigenvalue weighted by Gasteiger charge is -2.18. The summed E-state index contributed by atoms with van der Waals surface area (Å²) in [5.74, 6) is 0. The lowest BCUT2D eigenvalue weighted by atomic mass is 9.89. The van der Waals surface area contributed by atoms with Gasteiger partial charge in [-0.25, -0.2) is 0 Å². The molecule has 0 radical (unpaired) electrons. The number of aryl methyl sites for hydroxylation is 2. The first-order chi connectivity index (χ1) is 7.36. The van der Waals surface area contributed by atoms with Crippen LogP contribution in [0.3, 0.4) is 0 Å². The van der Waals surface area contributed by atoms with Crippen molar-refractivity contribution in [2.75, 3.05) is 0 Å². The Hall–Kier alpha value is -1.18. The molecule has 1 heterocycles. The maximum Gasteiger partial charge on any atom is 0.0754 e. The highest BCUT2D eigenvalue weighted by Crippen LogP contribution is 2.22. The molecule has 1 N–H and O–H groups in total. The van der Waals surface area contributed by atoms with E-state index in [1.807, 2.05) is 12.1 Å². The molecule has 0 unspecified atom stereocenters. The third-order valence-corrected chi connectivity index (χ3v) is 2.63. The van der Waals surface area contributed by atoms with E-state index in [-0.39, 0.29) is 5.41 Å². The minimum absolute atomic E-state index is 0.0397. The van der Waals surface area contributed by atoms with Gasteiger partial charge in [0.05, 0.1) is 11.1 Å². The maximum absolute atomic E-state index is 7.93. The molecule has 1 aromatic rings. The summed E-state index contributed by atoms with van der Waals surface area (Å²) in [4.78, 5) is 4.71. The summed E-state index contributed by atoms with van der Waals surface area (Å²) in [5.41, 5.74) is 3.23. The zero-order valence-electron chi connectivity index (χ0n) is 11.0. The van der Waals surface area contributed by atoms with Crippen molar-refractivity contribution in [3.63, 3.8) is 0 Å². The molecule has 0 aliphatic rings. The predicted molar refractivity (Wildman–Crippen MR) is 67.5 cm³/mol. The summed E-state index contributed by atoms with van der Waals surface area (Å²) in [7, 11) is 0. The average Bonchev–Trinajstić information content (AvgIpc) is 2.30. The van der Waals surface area contributed by atoms with Crippen LogP contribution < -0.4 is 5.36 Å². The minimum atomic E-state index is 0.0397. The van der Waals surface area contributed by atoms with Gasteiger partial charge in [0.1, 0.15) is 0 Å². The zero-order chi connectivity index (χ0) is 12.3. The molecule has 2 heteroatoms. The molecule has 1 aromatic heterocycles. The van der Waals surface area contributed by atoms with Crippen LogP contribution in [0.4, 0.5) is 0 Å².